The fourth-order valence-electron chi connectivity index (χ4n) is 3.40. The van der Waals surface area contributed by atoms with Crippen LogP contribution in [0.4, 0.5) is 11.4 Å². The van der Waals surface area contributed by atoms with Gasteiger partial charge in [0.15, 0.2) is 11.5 Å². The van der Waals surface area contributed by atoms with E-state index in [1.807, 2.05) is 36.9 Å². The maximum absolute atomic E-state index is 12.6. The van der Waals surface area contributed by atoms with Gasteiger partial charge in [0, 0.05) is 29.4 Å². The molecule has 0 saturated heterocycles. The maximum atomic E-state index is 12.6. The average molecular weight is 382 g/mol. The third-order valence-electron chi connectivity index (χ3n) is 4.86. The lowest BCUT2D eigenvalue weighted by molar-refractivity contribution is -0.121. The smallest absolute Gasteiger partial charge is 0.255 e. The molecule has 6 nitrogen and oxygen atoms in total. The van der Waals surface area contributed by atoms with Gasteiger partial charge >= 0.3 is 0 Å². The summed E-state index contributed by atoms with van der Waals surface area (Å²) in [6, 6.07) is 10.7. The minimum Gasteiger partial charge on any atom is -0.493 e. The molecule has 1 N–H and O–H groups in total. The number of nitrogens with zero attached hydrogens (tertiary/aromatic N) is 1. The van der Waals surface area contributed by atoms with Crippen LogP contribution in [0.2, 0.25) is 0 Å². The molecule has 1 heterocycles. The molecule has 2 amide bonds. The Hall–Kier alpha value is -3.02. The lowest BCUT2D eigenvalue weighted by Gasteiger charge is -2.31. The van der Waals surface area contributed by atoms with E-state index in [1.165, 1.54) is 7.11 Å². The van der Waals surface area contributed by atoms with E-state index < -0.39 is 0 Å². The third kappa shape index (κ3) is 3.96. The normalized spacial score (nSPS) is 13.1. The summed E-state index contributed by atoms with van der Waals surface area (Å²) in [5, 5.41) is 2.93. The van der Waals surface area contributed by atoms with E-state index in [-0.39, 0.29) is 17.7 Å². The first-order chi connectivity index (χ1) is 13.4. The molecular weight excluding hydrogens is 356 g/mol. The van der Waals surface area contributed by atoms with Gasteiger partial charge in [-0.05, 0) is 54.8 Å². The van der Waals surface area contributed by atoms with Crippen LogP contribution in [0.15, 0.2) is 36.4 Å². The quantitative estimate of drug-likeness (QED) is 0.852. The molecule has 0 bridgehead atoms. The molecule has 2 aromatic rings. The van der Waals surface area contributed by atoms with E-state index in [0.29, 0.717) is 22.7 Å². The molecular formula is C22H26N2O4. The van der Waals surface area contributed by atoms with Crippen molar-refractivity contribution in [2.45, 2.75) is 26.7 Å². The summed E-state index contributed by atoms with van der Waals surface area (Å²) >= 11 is 0. The zero-order valence-corrected chi connectivity index (χ0v) is 16.7. The number of carbonyl (C=O) groups excluding carboxylic acids is 2. The molecule has 0 unspecified atom stereocenters. The number of rotatable bonds is 5. The van der Waals surface area contributed by atoms with Crippen molar-refractivity contribution < 1.29 is 19.1 Å². The van der Waals surface area contributed by atoms with Gasteiger partial charge in [0.25, 0.3) is 5.91 Å². The van der Waals surface area contributed by atoms with Crippen molar-refractivity contribution in [1.29, 1.82) is 0 Å². The predicted octanol–water partition coefficient (Wildman–Crippen LogP) is 3.89. The summed E-state index contributed by atoms with van der Waals surface area (Å²) in [5.74, 6) is 0.927. The second-order valence-electron chi connectivity index (χ2n) is 7.12. The van der Waals surface area contributed by atoms with Gasteiger partial charge in [-0.25, -0.2) is 0 Å². The first kappa shape index (κ1) is 19.7. The van der Waals surface area contributed by atoms with Gasteiger partial charge in [-0.2, -0.15) is 0 Å². The highest BCUT2D eigenvalue weighted by Crippen LogP contribution is 2.31. The SMILES string of the molecule is COc1ccc(C(=O)Nc2ccc3c(c2)CCCN3C(=O)C(C)C)cc1OC. The fraction of sp³-hybridized carbons (Fsp3) is 0.364. The molecule has 1 aliphatic rings. The third-order valence-corrected chi connectivity index (χ3v) is 4.86. The molecule has 0 aliphatic carbocycles. The first-order valence-corrected chi connectivity index (χ1v) is 9.42. The van der Waals surface area contributed by atoms with Gasteiger partial charge in [-0.3, -0.25) is 9.59 Å². The molecule has 28 heavy (non-hydrogen) atoms. The van der Waals surface area contributed by atoms with Crippen LogP contribution in [-0.2, 0) is 11.2 Å². The minimum atomic E-state index is -0.230. The molecule has 0 fully saturated rings. The Labute approximate surface area is 165 Å². The van der Waals surface area contributed by atoms with Gasteiger partial charge < -0.3 is 19.7 Å². The number of anilines is 2. The van der Waals surface area contributed by atoms with Crippen LogP contribution in [0.25, 0.3) is 0 Å². The van der Waals surface area contributed by atoms with Crippen LogP contribution in [0.1, 0.15) is 36.2 Å². The van der Waals surface area contributed by atoms with Gasteiger partial charge in [-0.15, -0.1) is 0 Å². The highest BCUT2D eigenvalue weighted by Gasteiger charge is 2.24. The summed E-state index contributed by atoms with van der Waals surface area (Å²) in [6.45, 7) is 4.56. The van der Waals surface area contributed by atoms with Crippen molar-refractivity contribution in [3.8, 4) is 11.5 Å². The fourth-order valence-corrected chi connectivity index (χ4v) is 3.40. The van der Waals surface area contributed by atoms with Crippen LogP contribution >= 0.6 is 0 Å². The van der Waals surface area contributed by atoms with Crippen LogP contribution < -0.4 is 19.7 Å². The van der Waals surface area contributed by atoms with Crippen molar-refractivity contribution in [2.75, 3.05) is 31.0 Å². The molecule has 0 spiro atoms. The van der Waals surface area contributed by atoms with Crippen molar-refractivity contribution in [2.24, 2.45) is 5.92 Å². The van der Waals surface area contributed by atoms with E-state index in [0.717, 1.165) is 30.6 Å². The highest BCUT2D eigenvalue weighted by molar-refractivity contribution is 6.05. The number of methoxy groups -OCH3 is 2. The van der Waals surface area contributed by atoms with E-state index in [1.54, 1.807) is 25.3 Å². The number of nitrogens with one attached hydrogen (secondary N) is 1. The van der Waals surface area contributed by atoms with Crippen LogP contribution in [0.3, 0.4) is 0 Å². The summed E-state index contributed by atoms with van der Waals surface area (Å²) in [7, 11) is 3.09. The zero-order valence-electron chi connectivity index (χ0n) is 16.7. The number of aryl methyl sites for hydroxylation is 1. The highest BCUT2D eigenvalue weighted by atomic mass is 16.5. The lowest BCUT2D eigenvalue weighted by atomic mass is 9.99. The standard InChI is InChI=1S/C22H26N2O4/c1-14(2)22(26)24-11-5-6-15-12-17(8-9-18(15)24)23-21(25)16-7-10-19(27-3)20(13-16)28-4/h7-10,12-14H,5-6,11H2,1-4H3,(H,23,25). The van der Waals surface area contributed by atoms with E-state index in [2.05, 4.69) is 5.32 Å². The number of amides is 2. The molecule has 2 aromatic carbocycles. The second kappa shape index (κ2) is 8.33. The Kier molecular flexibility index (Phi) is 5.87. The van der Waals surface area contributed by atoms with Gasteiger partial charge in [-0.1, -0.05) is 13.8 Å². The first-order valence-electron chi connectivity index (χ1n) is 9.42. The van der Waals surface area contributed by atoms with Gasteiger partial charge in [0.2, 0.25) is 5.91 Å². The van der Waals surface area contributed by atoms with Crippen molar-refractivity contribution >= 4 is 23.2 Å². The number of ether oxygens (including phenoxy) is 2. The molecule has 0 saturated carbocycles. The number of carbonyl (C=O) groups is 2. The molecule has 0 atom stereocenters. The molecule has 6 heteroatoms. The van der Waals surface area contributed by atoms with E-state index in [9.17, 15) is 9.59 Å². The van der Waals surface area contributed by atoms with Crippen molar-refractivity contribution in [3.63, 3.8) is 0 Å². The monoisotopic (exact) mass is 382 g/mol. The van der Waals surface area contributed by atoms with Crippen molar-refractivity contribution in [3.05, 3.63) is 47.5 Å². The summed E-state index contributed by atoms with van der Waals surface area (Å²) in [4.78, 5) is 26.9. The topological polar surface area (TPSA) is 67.9 Å². The second-order valence-corrected chi connectivity index (χ2v) is 7.12. The summed E-state index contributed by atoms with van der Waals surface area (Å²) < 4.78 is 10.5. The Bertz CT molecular complexity index is 892. The zero-order chi connectivity index (χ0) is 20.3. The number of hydrogen-bond acceptors (Lipinski definition) is 4. The maximum Gasteiger partial charge on any atom is 0.255 e. The van der Waals surface area contributed by atoms with Crippen LogP contribution in [0, 0.1) is 5.92 Å². The summed E-state index contributed by atoms with van der Waals surface area (Å²) in [6.07, 6.45) is 1.80. The molecule has 1 aliphatic heterocycles. The van der Waals surface area contributed by atoms with Crippen LogP contribution in [0.5, 0.6) is 11.5 Å². The van der Waals surface area contributed by atoms with Crippen LogP contribution in [-0.4, -0.2) is 32.6 Å². The predicted molar refractivity (Wildman–Crippen MR) is 109 cm³/mol. The average Bonchev–Trinajstić information content (AvgIpc) is 2.71. The minimum absolute atomic E-state index is 0.0459. The Morgan fingerprint density at radius 3 is 2.46 bits per heavy atom. The Balaban J connectivity index is 1.80. The number of benzene rings is 2. The molecule has 0 radical (unpaired) electrons. The number of hydrogen-bond donors (Lipinski definition) is 1. The van der Waals surface area contributed by atoms with Gasteiger partial charge in [0.05, 0.1) is 14.2 Å². The summed E-state index contributed by atoms with van der Waals surface area (Å²) in [5.41, 5.74) is 3.20. The lowest BCUT2D eigenvalue weighted by Crippen LogP contribution is -2.38. The Morgan fingerprint density at radius 1 is 1.04 bits per heavy atom. The van der Waals surface area contributed by atoms with E-state index >= 15 is 0 Å². The molecule has 3 rings (SSSR count). The Morgan fingerprint density at radius 2 is 1.79 bits per heavy atom. The van der Waals surface area contributed by atoms with Gasteiger partial charge in [0.1, 0.15) is 0 Å². The molecule has 148 valence electrons. The van der Waals surface area contributed by atoms with Crippen molar-refractivity contribution in [1.82, 2.24) is 0 Å². The largest absolute Gasteiger partial charge is 0.493 e. The molecule has 0 aromatic heterocycles. The van der Waals surface area contributed by atoms with E-state index in [4.69, 9.17) is 9.47 Å². The number of fused-ring (bicyclic) bond motifs is 1.